The highest BCUT2D eigenvalue weighted by Gasteiger charge is 2.27. The van der Waals surface area contributed by atoms with Gasteiger partial charge in [-0.05, 0) is 31.0 Å². The molecular formula is C21H28N4O6S. The average Bonchev–Trinajstić information content (AvgIpc) is 3.10. The molecule has 1 amide bonds. The van der Waals surface area contributed by atoms with E-state index in [1.54, 1.807) is 4.90 Å². The Hall–Kier alpha value is -2.50. The maximum atomic E-state index is 13.2. The minimum Gasteiger partial charge on any atom is -0.379 e. The number of aromatic nitrogens is 2. The molecule has 0 atom stereocenters. The van der Waals surface area contributed by atoms with E-state index in [9.17, 15) is 22.8 Å². The molecule has 2 aliphatic rings. The molecule has 3 heterocycles. The summed E-state index contributed by atoms with van der Waals surface area (Å²) in [5.74, 6) is -0.275. The summed E-state index contributed by atoms with van der Waals surface area (Å²) in [6.45, 7) is 1.97. The van der Waals surface area contributed by atoms with Crippen LogP contribution in [0.15, 0.2) is 32.7 Å². The van der Waals surface area contributed by atoms with E-state index in [0.717, 1.165) is 30.3 Å². The monoisotopic (exact) mass is 464 g/mol. The number of morpholine rings is 1. The molecule has 4 rings (SSSR count). The number of rotatable bonds is 4. The van der Waals surface area contributed by atoms with Crippen LogP contribution in [0.2, 0.25) is 0 Å². The number of sulfonamides is 1. The van der Waals surface area contributed by atoms with E-state index in [0.29, 0.717) is 31.8 Å². The first kappa shape index (κ1) is 22.7. The van der Waals surface area contributed by atoms with Crippen molar-refractivity contribution in [2.45, 2.75) is 37.1 Å². The summed E-state index contributed by atoms with van der Waals surface area (Å²) in [6.07, 6.45) is 3.92. The molecule has 2 fully saturated rings. The summed E-state index contributed by atoms with van der Waals surface area (Å²) in [4.78, 5) is 40.5. The first-order chi connectivity index (χ1) is 15.3. The lowest BCUT2D eigenvalue weighted by molar-refractivity contribution is -0.131. The lowest BCUT2D eigenvalue weighted by Crippen LogP contribution is -2.44. The Bertz CT molecular complexity index is 1240. The van der Waals surface area contributed by atoms with Gasteiger partial charge in [0.05, 0.1) is 29.0 Å². The number of hydrogen-bond donors (Lipinski definition) is 0. The van der Waals surface area contributed by atoms with Gasteiger partial charge >= 0.3 is 5.69 Å². The quantitative estimate of drug-likeness (QED) is 0.636. The number of aryl methyl sites for hydroxylation is 1. The third-order valence-electron chi connectivity index (χ3n) is 6.18. The topological polar surface area (TPSA) is 111 Å². The van der Waals surface area contributed by atoms with E-state index in [2.05, 4.69) is 0 Å². The van der Waals surface area contributed by atoms with Gasteiger partial charge in [-0.3, -0.25) is 18.7 Å². The van der Waals surface area contributed by atoms with E-state index >= 15 is 0 Å². The van der Waals surface area contributed by atoms with Crippen LogP contribution in [0, 0.1) is 0 Å². The number of hydrogen-bond acceptors (Lipinski definition) is 6. The molecule has 174 valence electrons. The number of carbonyl (C=O) groups excluding carboxylic acids is 1. The van der Waals surface area contributed by atoms with Crippen molar-refractivity contribution in [3.05, 3.63) is 39.0 Å². The van der Waals surface area contributed by atoms with E-state index in [-0.39, 0.29) is 35.8 Å². The molecule has 32 heavy (non-hydrogen) atoms. The Labute approximate surface area is 186 Å². The first-order valence-electron chi connectivity index (χ1n) is 10.9. The van der Waals surface area contributed by atoms with Crippen molar-refractivity contribution in [3.63, 3.8) is 0 Å². The lowest BCUT2D eigenvalue weighted by Gasteiger charge is -2.26. The standard InChI is InChI=1S/C21H28N4O6S/c1-22-18-7-6-16(32(29,30)24-10-12-31-13-11-24)14-17(18)20(27)25(21(22)28)15-19(26)23-8-4-2-3-5-9-23/h6-7,14H,2-5,8-13,15H2,1H3. The van der Waals surface area contributed by atoms with Gasteiger partial charge < -0.3 is 9.64 Å². The number of likely N-dealkylation sites (tertiary alicyclic amines) is 1. The second kappa shape index (κ2) is 9.16. The molecule has 0 unspecified atom stereocenters. The third-order valence-corrected chi connectivity index (χ3v) is 8.08. The highest BCUT2D eigenvalue weighted by atomic mass is 32.2. The van der Waals surface area contributed by atoms with Crippen LogP contribution >= 0.6 is 0 Å². The SMILES string of the molecule is Cn1c(=O)n(CC(=O)N2CCCCCC2)c(=O)c2cc(S(=O)(=O)N3CCOCC3)ccc21. The van der Waals surface area contributed by atoms with Gasteiger partial charge in [-0.25, -0.2) is 13.2 Å². The van der Waals surface area contributed by atoms with E-state index in [1.807, 2.05) is 0 Å². The van der Waals surface area contributed by atoms with E-state index in [1.165, 1.54) is 34.1 Å². The highest BCUT2D eigenvalue weighted by molar-refractivity contribution is 7.89. The molecule has 0 saturated carbocycles. The predicted molar refractivity (Wildman–Crippen MR) is 118 cm³/mol. The lowest BCUT2D eigenvalue weighted by atomic mass is 10.2. The van der Waals surface area contributed by atoms with Gasteiger partial charge in [0.2, 0.25) is 15.9 Å². The van der Waals surface area contributed by atoms with Gasteiger partial charge in [-0.1, -0.05) is 12.8 Å². The Morgan fingerprint density at radius 1 is 1.00 bits per heavy atom. The maximum absolute atomic E-state index is 13.2. The minimum absolute atomic E-state index is 0.0203. The highest BCUT2D eigenvalue weighted by Crippen LogP contribution is 2.20. The second-order valence-electron chi connectivity index (χ2n) is 8.22. The van der Waals surface area contributed by atoms with Crippen LogP contribution in [0.25, 0.3) is 10.9 Å². The van der Waals surface area contributed by atoms with Crippen molar-refractivity contribution in [1.82, 2.24) is 18.3 Å². The molecule has 0 aliphatic carbocycles. The number of benzene rings is 1. The van der Waals surface area contributed by atoms with Crippen LogP contribution in [-0.2, 0) is 33.1 Å². The number of nitrogens with zero attached hydrogens (tertiary/aromatic N) is 4. The second-order valence-corrected chi connectivity index (χ2v) is 10.2. The Balaban J connectivity index is 1.74. The average molecular weight is 465 g/mol. The Kier molecular flexibility index (Phi) is 6.50. The molecule has 1 aromatic carbocycles. The van der Waals surface area contributed by atoms with Gasteiger partial charge in [0.15, 0.2) is 0 Å². The van der Waals surface area contributed by atoms with Gasteiger partial charge in [-0.2, -0.15) is 4.31 Å². The van der Waals surface area contributed by atoms with E-state index < -0.39 is 21.3 Å². The van der Waals surface area contributed by atoms with Crippen LogP contribution < -0.4 is 11.2 Å². The number of fused-ring (bicyclic) bond motifs is 1. The summed E-state index contributed by atoms with van der Waals surface area (Å²) in [5.41, 5.74) is -0.945. The molecule has 1 aromatic heterocycles. The van der Waals surface area contributed by atoms with Crippen molar-refractivity contribution in [3.8, 4) is 0 Å². The van der Waals surface area contributed by atoms with Gasteiger partial charge in [0, 0.05) is 33.2 Å². The fourth-order valence-corrected chi connectivity index (χ4v) is 5.72. The number of amides is 1. The zero-order chi connectivity index (χ0) is 22.9. The van der Waals surface area contributed by atoms with Crippen molar-refractivity contribution < 1.29 is 17.9 Å². The zero-order valence-electron chi connectivity index (χ0n) is 18.2. The molecule has 0 radical (unpaired) electrons. The fourth-order valence-electron chi connectivity index (χ4n) is 4.29. The van der Waals surface area contributed by atoms with Crippen molar-refractivity contribution in [1.29, 1.82) is 0 Å². The molecule has 2 aromatic rings. The van der Waals surface area contributed by atoms with Crippen LogP contribution in [0.1, 0.15) is 25.7 Å². The van der Waals surface area contributed by atoms with Gasteiger partial charge in [0.1, 0.15) is 6.54 Å². The first-order valence-corrected chi connectivity index (χ1v) is 12.3. The third kappa shape index (κ3) is 4.24. The van der Waals surface area contributed by atoms with Crippen LogP contribution in [-0.4, -0.2) is 72.1 Å². The Morgan fingerprint density at radius 3 is 2.31 bits per heavy atom. The fraction of sp³-hybridized carbons (Fsp3) is 0.571. The minimum atomic E-state index is -3.81. The largest absolute Gasteiger partial charge is 0.379 e. The summed E-state index contributed by atoms with van der Waals surface area (Å²) in [5, 5.41) is 0.0881. The molecule has 2 aliphatic heterocycles. The smallest absolute Gasteiger partial charge is 0.331 e. The van der Waals surface area contributed by atoms with Crippen LogP contribution in [0.3, 0.4) is 0 Å². The summed E-state index contributed by atoms with van der Waals surface area (Å²) >= 11 is 0. The molecular weight excluding hydrogens is 436 g/mol. The molecule has 0 bridgehead atoms. The maximum Gasteiger partial charge on any atom is 0.331 e. The van der Waals surface area contributed by atoms with Gasteiger partial charge in [0.25, 0.3) is 5.56 Å². The summed E-state index contributed by atoms with van der Waals surface area (Å²) in [6, 6.07) is 4.17. The summed E-state index contributed by atoms with van der Waals surface area (Å²) in [7, 11) is -2.30. The zero-order valence-corrected chi connectivity index (χ0v) is 19.0. The van der Waals surface area contributed by atoms with Crippen molar-refractivity contribution in [2.75, 3.05) is 39.4 Å². The predicted octanol–water partition coefficient (Wildman–Crippen LogP) is 0.124. The van der Waals surface area contributed by atoms with E-state index in [4.69, 9.17) is 4.74 Å². The molecule has 10 nitrogen and oxygen atoms in total. The molecule has 11 heteroatoms. The van der Waals surface area contributed by atoms with Crippen LogP contribution in [0.4, 0.5) is 0 Å². The number of ether oxygens (including phenoxy) is 1. The van der Waals surface area contributed by atoms with Crippen LogP contribution in [0.5, 0.6) is 0 Å². The molecule has 0 spiro atoms. The molecule has 0 N–H and O–H groups in total. The van der Waals surface area contributed by atoms with Crippen molar-refractivity contribution in [2.24, 2.45) is 7.05 Å². The molecule has 2 saturated heterocycles. The van der Waals surface area contributed by atoms with Gasteiger partial charge in [-0.15, -0.1) is 0 Å². The Morgan fingerprint density at radius 2 is 1.66 bits per heavy atom. The normalized spacial score (nSPS) is 18.6. The van der Waals surface area contributed by atoms with Crippen molar-refractivity contribution >= 4 is 26.8 Å². The number of carbonyl (C=O) groups is 1. The summed E-state index contributed by atoms with van der Waals surface area (Å²) < 4.78 is 34.8.